The first-order chi connectivity index (χ1) is 17.7. The molecule has 2 heterocycles. The van der Waals surface area contributed by atoms with Gasteiger partial charge in [-0.1, -0.05) is 19.1 Å². The van der Waals surface area contributed by atoms with E-state index in [1.807, 2.05) is 45.0 Å². The van der Waals surface area contributed by atoms with Crippen LogP contribution >= 0.6 is 11.3 Å². The predicted octanol–water partition coefficient (Wildman–Crippen LogP) is 4.29. The number of anilines is 2. The van der Waals surface area contributed by atoms with Crippen LogP contribution in [0.1, 0.15) is 60.5 Å². The van der Waals surface area contributed by atoms with Crippen molar-refractivity contribution in [1.82, 2.24) is 10.2 Å². The molecule has 37 heavy (non-hydrogen) atoms. The van der Waals surface area contributed by atoms with Gasteiger partial charge in [0, 0.05) is 46.7 Å². The number of carbonyl (C=O) groups is 3. The number of nitrogens with one attached hydrogen (secondary N) is 3. The number of benzene rings is 2. The molecule has 5 N–H and O–H groups in total. The van der Waals surface area contributed by atoms with Crippen LogP contribution in [0.5, 0.6) is 0 Å². The largest absolute Gasteiger partial charge is 0.398 e. The van der Waals surface area contributed by atoms with Gasteiger partial charge in [-0.05, 0) is 73.7 Å². The fourth-order valence-electron chi connectivity index (χ4n) is 4.34. The summed E-state index contributed by atoms with van der Waals surface area (Å²) < 4.78 is 0. The first-order valence-electron chi connectivity index (χ1n) is 12.2. The van der Waals surface area contributed by atoms with Crippen LogP contribution in [-0.2, 0) is 17.8 Å². The molecule has 3 aromatic rings. The smallest absolute Gasteiger partial charge is 0.265 e. The number of hydrogen-bond donors (Lipinski definition) is 4. The average molecular weight is 518 g/mol. The molecule has 1 aromatic heterocycles. The van der Waals surface area contributed by atoms with E-state index in [-0.39, 0.29) is 17.7 Å². The molecular formula is C28H31N5O3S. The summed E-state index contributed by atoms with van der Waals surface area (Å²) >= 11 is 1.46. The Bertz CT molecular complexity index is 1380. The van der Waals surface area contributed by atoms with E-state index in [0.717, 1.165) is 33.5 Å². The van der Waals surface area contributed by atoms with Gasteiger partial charge < -0.3 is 26.7 Å². The molecule has 1 aliphatic rings. The Morgan fingerprint density at radius 2 is 1.95 bits per heavy atom. The third-order valence-corrected chi connectivity index (χ3v) is 8.01. The molecule has 3 amide bonds. The normalized spacial score (nSPS) is 13.4. The molecule has 8 nitrogen and oxygen atoms in total. The van der Waals surface area contributed by atoms with Gasteiger partial charge in [0.05, 0.1) is 4.88 Å². The molecule has 0 saturated carbocycles. The molecular weight excluding hydrogens is 486 g/mol. The third kappa shape index (κ3) is 5.56. The Kier molecular flexibility index (Phi) is 7.73. The van der Waals surface area contributed by atoms with Crippen LogP contribution in [0, 0.1) is 19.3 Å². The van der Waals surface area contributed by atoms with E-state index in [4.69, 9.17) is 11.1 Å². The molecule has 1 atom stereocenters. The second-order valence-corrected chi connectivity index (χ2v) is 10.3. The lowest BCUT2D eigenvalue weighted by Gasteiger charge is -2.30. The van der Waals surface area contributed by atoms with Gasteiger partial charge in [-0.2, -0.15) is 0 Å². The second-order valence-electron chi connectivity index (χ2n) is 9.19. The Hall–Kier alpha value is -3.98. The standard InChI is InChI=1S/C28H31N5O3S/c1-4-22(31-26(34)18-8-9-21(30)19(12-18)14-29)28(36)33-11-10-24-20(15-33)13-25(37-24)27(35)32-23-7-5-6-16(2)17(23)3/h5-9,12-14,22,29H,4,10-11,15,30H2,1-3H3,(H,31,34)(H,32,35)/t22-/m1/s1. The highest BCUT2D eigenvalue weighted by atomic mass is 32.1. The van der Waals surface area contributed by atoms with Crippen LogP contribution in [-0.4, -0.2) is 41.4 Å². The van der Waals surface area contributed by atoms with Crippen LogP contribution < -0.4 is 16.4 Å². The maximum atomic E-state index is 13.3. The molecule has 0 spiro atoms. The van der Waals surface area contributed by atoms with Crippen molar-refractivity contribution >= 4 is 46.6 Å². The fraction of sp³-hybridized carbons (Fsp3) is 0.286. The number of nitrogen functional groups attached to an aromatic ring is 1. The number of rotatable bonds is 7. The SMILES string of the molecule is CC[C@@H](NC(=O)c1ccc(N)c(C=N)c1)C(=O)N1CCc2sc(C(=O)Nc3cccc(C)c3C)cc2C1. The molecule has 0 unspecified atom stereocenters. The highest BCUT2D eigenvalue weighted by Crippen LogP contribution is 2.30. The van der Waals surface area contributed by atoms with Crippen LogP contribution in [0.15, 0.2) is 42.5 Å². The third-order valence-electron chi connectivity index (χ3n) is 6.77. The highest BCUT2D eigenvalue weighted by Gasteiger charge is 2.29. The number of amides is 3. The molecule has 4 rings (SSSR count). The van der Waals surface area contributed by atoms with Gasteiger partial charge in [-0.3, -0.25) is 14.4 Å². The van der Waals surface area contributed by atoms with E-state index >= 15 is 0 Å². The Morgan fingerprint density at radius 1 is 1.16 bits per heavy atom. The molecule has 0 fully saturated rings. The second kappa shape index (κ2) is 11.0. The molecule has 1 aliphatic heterocycles. The number of nitrogens with zero attached hydrogens (tertiary/aromatic N) is 1. The van der Waals surface area contributed by atoms with Crippen LogP contribution in [0.25, 0.3) is 0 Å². The van der Waals surface area contributed by atoms with Crippen molar-refractivity contribution in [2.45, 2.75) is 46.2 Å². The van der Waals surface area contributed by atoms with Crippen molar-refractivity contribution in [2.75, 3.05) is 17.6 Å². The van der Waals surface area contributed by atoms with E-state index in [1.165, 1.54) is 17.4 Å². The molecule has 0 saturated heterocycles. The minimum absolute atomic E-state index is 0.155. The summed E-state index contributed by atoms with van der Waals surface area (Å²) in [6.45, 7) is 6.77. The average Bonchev–Trinajstić information content (AvgIpc) is 3.33. The van der Waals surface area contributed by atoms with Crippen molar-refractivity contribution < 1.29 is 14.4 Å². The maximum absolute atomic E-state index is 13.3. The zero-order valence-electron chi connectivity index (χ0n) is 21.2. The lowest BCUT2D eigenvalue weighted by Crippen LogP contribution is -2.49. The quantitative estimate of drug-likeness (QED) is 0.275. The summed E-state index contributed by atoms with van der Waals surface area (Å²) in [5.41, 5.74) is 10.9. The van der Waals surface area contributed by atoms with Gasteiger partial charge in [0.15, 0.2) is 0 Å². The number of carbonyl (C=O) groups excluding carboxylic acids is 3. The predicted molar refractivity (Wildman–Crippen MR) is 148 cm³/mol. The van der Waals surface area contributed by atoms with Gasteiger partial charge in [-0.15, -0.1) is 11.3 Å². The van der Waals surface area contributed by atoms with Gasteiger partial charge in [0.2, 0.25) is 5.91 Å². The molecule has 192 valence electrons. The Balaban J connectivity index is 1.43. The molecule has 0 aliphatic carbocycles. The summed E-state index contributed by atoms with van der Waals surface area (Å²) in [7, 11) is 0. The van der Waals surface area contributed by atoms with Crippen molar-refractivity contribution in [1.29, 1.82) is 5.41 Å². The molecule has 0 radical (unpaired) electrons. The fourth-order valence-corrected chi connectivity index (χ4v) is 5.40. The molecule has 0 bridgehead atoms. The minimum Gasteiger partial charge on any atom is -0.398 e. The van der Waals surface area contributed by atoms with Crippen molar-refractivity contribution in [2.24, 2.45) is 0 Å². The molecule has 9 heteroatoms. The van der Waals surface area contributed by atoms with Crippen LogP contribution in [0.3, 0.4) is 0 Å². The first-order valence-corrected chi connectivity index (χ1v) is 13.0. The topological polar surface area (TPSA) is 128 Å². The summed E-state index contributed by atoms with van der Waals surface area (Å²) in [6.07, 6.45) is 2.19. The van der Waals surface area contributed by atoms with E-state index < -0.39 is 6.04 Å². The monoisotopic (exact) mass is 517 g/mol. The van der Waals surface area contributed by atoms with Gasteiger partial charge in [0.25, 0.3) is 11.8 Å². The zero-order chi connectivity index (χ0) is 26.7. The van der Waals surface area contributed by atoms with Crippen molar-refractivity contribution in [3.8, 4) is 0 Å². The lowest BCUT2D eigenvalue weighted by atomic mass is 10.1. The minimum atomic E-state index is -0.680. The summed E-state index contributed by atoms with van der Waals surface area (Å²) in [6, 6.07) is 11.7. The first kappa shape index (κ1) is 26.1. The van der Waals surface area contributed by atoms with Crippen LogP contribution in [0.4, 0.5) is 11.4 Å². The summed E-state index contributed by atoms with van der Waals surface area (Å²) in [5, 5.41) is 13.3. The number of aryl methyl sites for hydroxylation is 1. The van der Waals surface area contributed by atoms with Gasteiger partial charge >= 0.3 is 0 Å². The lowest BCUT2D eigenvalue weighted by molar-refractivity contribution is -0.134. The summed E-state index contributed by atoms with van der Waals surface area (Å²) in [4.78, 5) is 42.5. The van der Waals surface area contributed by atoms with Gasteiger partial charge in [-0.25, -0.2) is 0 Å². The van der Waals surface area contributed by atoms with Crippen LogP contribution in [0.2, 0.25) is 0 Å². The number of nitrogens with two attached hydrogens (primary N) is 1. The number of hydrogen-bond acceptors (Lipinski definition) is 6. The Labute approximate surface area is 220 Å². The van der Waals surface area contributed by atoms with Gasteiger partial charge in [0.1, 0.15) is 6.04 Å². The zero-order valence-corrected chi connectivity index (χ0v) is 22.0. The van der Waals surface area contributed by atoms with Crippen molar-refractivity contribution in [3.05, 3.63) is 80.0 Å². The van der Waals surface area contributed by atoms with E-state index in [0.29, 0.717) is 47.6 Å². The van der Waals surface area contributed by atoms with E-state index in [9.17, 15) is 14.4 Å². The van der Waals surface area contributed by atoms with E-state index in [1.54, 1.807) is 17.0 Å². The van der Waals surface area contributed by atoms with E-state index in [2.05, 4.69) is 10.6 Å². The maximum Gasteiger partial charge on any atom is 0.265 e. The highest BCUT2D eigenvalue weighted by molar-refractivity contribution is 7.14. The van der Waals surface area contributed by atoms with Crippen molar-refractivity contribution in [3.63, 3.8) is 0 Å². The number of thiophene rings is 1. The Morgan fingerprint density at radius 3 is 2.68 bits per heavy atom. The number of fused-ring (bicyclic) bond motifs is 1. The summed E-state index contributed by atoms with van der Waals surface area (Å²) in [5.74, 6) is -0.698. The molecule has 2 aromatic carbocycles.